The van der Waals surface area contributed by atoms with Gasteiger partial charge in [0.1, 0.15) is 54.6 Å². The van der Waals surface area contributed by atoms with E-state index in [1.165, 1.54) is 13.8 Å². The second-order valence-electron chi connectivity index (χ2n) is 16.8. The number of carbonyl (C=O) groups excluding carboxylic acids is 10. The van der Waals surface area contributed by atoms with Gasteiger partial charge in [-0.05, 0) is 97.2 Å². The van der Waals surface area contributed by atoms with Crippen LogP contribution in [0.5, 0.6) is 0 Å². The van der Waals surface area contributed by atoms with Crippen LogP contribution in [0.2, 0.25) is 0 Å². The minimum atomic E-state index is -1.78. The van der Waals surface area contributed by atoms with Gasteiger partial charge in [-0.15, -0.1) is 0 Å². The number of carbonyl (C=O) groups is 10. The Labute approximate surface area is 411 Å². The Balaban J connectivity index is 3.27. The van der Waals surface area contributed by atoms with E-state index in [4.69, 9.17) is 28.7 Å². The van der Waals surface area contributed by atoms with Gasteiger partial charge in [-0.2, -0.15) is 0 Å². The van der Waals surface area contributed by atoms with Crippen molar-refractivity contribution in [2.75, 3.05) is 26.2 Å². The zero-order valence-electron chi connectivity index (χ0n) is 40.4. The minimum absolute atomic E-state index is 0.0129. The van der Waals surface area contributed by atoms with Crippen molar-refractivity contribution in [3.63, 3.8) is 0 Å². The van der Waals surface area contributed by atoms with Gasteiger partial charge in [-0.3, -0.25) is 48.1 Å². The average Bonchev–Trinajstić information content (AvgIpc) is 3.32. The molecular formula is C44H74N14O13. The number of unbranched alkanes of at least 4 members (excludes halogenated alkanes) is 2. The van der Waals surface area contributed by atoms with Crippen molar-refractivity contribution in [2.24, 2.45) is 33.7 Å². The molecule has 0 spiro atoms. The lowest BCUT2D eigenvalue weighted by molar-refractivity contribution is -0.137. The molecule has 398 valence electrons. The highest BCUT2D eigenvalue weighted by Gasteiger charge is 2.35. The van der Waals surface area contributed by atoms with E-state index < -0.39 is 127 Å². The largest absolute Gasteiger partial charge is 0.394 e. The summed E-state index contributed by atoms with van der Waals surface area (Å²) < 4.78 is 0. The lowest BCUT2D eigenvalue weighted by atomic mass is 10.0. The summed E-state index contributed by atoms with van der Waals surface area (Å²) in [6, 6.07) is -3.07. The molecule has 27 nitrogen and oxygen atoms in total. The van der Waals surface area contributed by atoms with E-state index in [2.05, 4.69) is 47.5 Å². The molecule has 9 amide bonds. The fourth-order valence-corrected chi connectivity index (χ4v) is 6.49. The molecule has 0 radical (unpaired) electrons. The van der Waals surface area contributed by atoms with Gasteiger partial charge in [0.25, 0.3) is 5.91 Å². The predicted octanol–water partition coefficient (Wildman–Crippen LogP) is -6.27. The van der Waals surface area contributed by atoms with Gasteiger partial charge in [0, 0.05) is 25.1 Å². The summed E-state index contributed by atoms with van der Waals surface area (Å²) in [7, 11) is 0. The molecule has 0 aliphatic heterocycles. The molecule has 1 rings (SSSR count). The Hall–Kier alpha value is -6.81. The van der Waals surface area contributed by atoms with E-state index in [-0.39, 0.29) is 63.6 Å². The van der Waals surface area contributed by atoms with Crippen molar-refractivity contribution in [3.8, 4) is 0 Å². The van der Waals surface area contributed by atoms with Crippen LogP contribution in [0.4, 0.5) is 0 Å². The Morgan fingerprint density at radius 3 is 1.63 bits per heavy atom. The van der Waals surface area contributed by atoms with Crippen LogP contribution in [-0.4, -0.2) is 168 Å². The molecule has 1 aromatic rings. The zero-order chi connectivity index (χ0) is 53.6. The van der Waals surface area contributed by atoms with Crippen LogP contribution >= 0.6 is 0 Å². The van der Waals surface area contributed by atoms with E-state index in [1.54, 1.807) is 30.3 Å². The maximum Gasteiger partial charge on any atom is 0.251 e. The summed E-state index contributed by atoms with van der Waals surface area (Å²) in [5.41, 5.74) is 27.9. The number of amides is 9. The first kappa shape index (κ1) is 62.2. The predicted molar refractivity (Wildman–Crippen MR) is 258 cm³/mol. The van der Waals surface area contributed by atoms with Gasteiger partial charge in [0.05, 0.1) is 18.8 Å². The molecule has 0 saturated carbocycles. The average molecular weight is 1010 g/mol. The smallest absolute Gasteiger partial charge is 0.251 e. The van der Waals surface area contributed by atoms with Crippen LogP contribution in [0.15, 0.2) is 35.3 Å². The Kier molecular flexibility index (Phi) is 29.5. The number of hydrogen-bond acceptors (Lipinski definition) is 16. The lowest BCUT2D eigenvalue weighted by Gasteiger charge is -2.28. The van der Waals surface area contributed by atoms with Crippen molar-refractivity contribution >= 4 is 65.4 Å². The minimum Gasteiger partial charge on any atom is -0.394 e. The molecule has 0 saturated heterocycles. The molecule has 10 atom stereocenters. The number of aldehydes is 1. The van der Waals surface area contributed by atoms with E-state index in [9.17, 15) is 63.3 Å². The molecule has 0 aliphatic carbocycles. The molecule has 0 aromatic heterocycles. The Morgan fingerprint density at radius 1 is 0.620 bits per heavy atom. The second-order valence-corrected chi connectivity index (χ2v) is 16.8. The quantitative estimate of drug-likeness (QED) is 0.0130. The number of rotatable bonds is 35. The zero-order valence-corrected chi connectivity index (χ0v) is 40.4. The third-order valence-electron chi connectivity index (χ3n) is 10.7. The number of primary amides is 1. The molecule has 0 unspecified atom stereocenters. The summed E-state index contributed by atoms with van der Waals surface area (Å²) in [4.78, 5) is 134. The van der Waals surface area contributed by atoms with E-state index in [1.807, 2.05) is 0 Å². The van der Waals surface area contributed by atoms with Crippen LogP contribution < -0.4 is 71.2 Å². The number of nitrogens with zero attached hydrogens (tertiary/aromatic N) is 1. The topological polar surface area (TPSA) is 470 Å². The molecule has 71 heavy (non-hydrogen) atoms. The van der Waals surface area contributed by atoms with Crippen LogP contribution in [0.25, 0.3) is 0 Å². The van der Waals surface area contributed by atoms with Crippen LogP contribution in [0.1, 0.15) is 95.3 Å². The first-order valence-electron chi connectivity index (χ1n) is 23.2. The molecule has 0 bridgehead atoms. The Bertz CT molecular complexity index is 1940. The molecule has 27 heteroatoms. The number of guanidine groups is 1. The number of hydrogen-bond donors (Lipinski definition) is 16. The monoisotopic (exact) mass is 1010 g/mol. The molecule has 0 fully saturated rings. The van der Waals surface area contributed by atoms with Crippen molar-refractivity contribution in [3.05, 3.63) is 35.9 Å². The Morgan fingerprint density at radius 2 is 1.13 bits per heavy atom. The highest BCUT2D eigenvalue weighted by atomic mass is 16.3. The van der Waals surface area contributed by atoms with E-state index in [0.29, 0.717) is 31.1 Å². The van der Waals surface area contributed by atoms with Crippen LogP contribution in [0, 0.1) is 0 Å². The van der Waals surface area contributed by atoms with Gasteiger partial charge in [-0.1, -0.05) is 18.2 Å². The number of nitrogens with two attached hydrogens (primary N) is 5. The third kappa shape index (κ3) is 24.5. The lowest BCUT2D eigenvalue weighted by Crippen LogP contribution is -2.61. The third-order valence-corrected chi connectivity index (χ3v) is 10.7. The molecular weight excluding hydrogens is 933 g/mol. The fourth-order valence-electron chi connectivity index (χ4n) is 6.49. The summed E-state index contributed by atoms with van der Waals surface area (Å²) in [6.45, 7) is 3.39. The normalized spacial score (nSPS) is 15.2. The number of aliphatic hydroxyl groups excluding tert-OH is 3. The van der Waals surface area contributed by atoms with Crippen LogP contribution in [-0.2, 0) is 43.2 Å². The second kappa shape index (κ2) is 33.7. The van der Waals surface area contributed by atoms with Gasteiger partial charge in [0.15, 0.2) is 5.96 Å². The van der Waals surface area contributed by atoms with Gasteiger partial charge in [-0.25, -0.2) is 0 Å². The van der Waals surface area contributed by atoms with Crippen molar-refractivity contribution in [1.82, 2.24) is 42.5 Å². The first-order valence-corrected chi connectivity index (χ1v) is 23.2. The highest BCUT2D eigenvalue weighted by molar-refractivity contribution is 5.98. The highest BCUT2D eigenvalue weighted by Crippen LogP contribution is 2.09. The number of aliphatic hydroxyl groups is 3. The van der Waals surface area contributed by atoms with Gasteiger partial charge in [0.2, 0.25) is 47.3 Å². The number of nitrogens with one attached hydrogen (secondary N) is 8. The van der Waals surface area contributed by atoms with Crippen LogP contribution in [0.3, 0.4) is 0 Å². The first-order chi connectivity index (χ1) is 33.6. The fraction of sp³-hybridized carbons (Fsp3) is 0.614. The SMILES string of the molecule is C[C@H](NC(=O)[C@@H](NC(=O)[C@H](CCC(N)=O)NC(=O)[C@H](CCCCN)NC(=O)[C@@H](N)[C@@H](C)O)[C@@H](C)O)C(=O)N[C@@H](CCCN=C(N)N)C(=O)N[C@@H](CCCCNC(=O)c1ccccc1)C(=O)N[C@H](C=O)CO. The molecule has 0 heterocycles. The van der Waals surface area contributed by atoms with Crippen molar-refractivity contribution in [2.45, 2.75) is 146 Å². The molecule has 21 N–H and O–H groups in total. The maximum atomic E-state index is 13.9. The van der Waals surface area contributed by atoms with Crippen molar-refractivity contribution in [1.29, 1.82) is 0 Å². The summed E-state index contributed by atoms with van der Waals surface area (Å²) in [5, 5.41) is 49.6. The van der Waals surface area contributed by atoms with Gasteiger partial charge < -0.3 is 91.3 Å². The number of benzene rings is 1. The summed E-state index contributed by atoms with van der Waals surface area (Å²) in [5.74, 6) is -8.03. The van der Waals surface area contributed by atoms with E-state index in [0.717, 1.165) is 6.92 Å². The summed E-state index contributed by atoms with van der Waals surface area (Å²) >= 11 is 0. The molecule has 1 aromatic carbocycles. The van der Waals surface area contributed by atoms with Crippen molar-refractivity contribution < 1.29 is 63.3 Å². The van der Waals surface area contributed by atoms with E-state index >= 15 is 0 Å². The maximum absolute atomic E-state index is 13.9. The summed E-state index contributed by atoms with van der Waals surface area (Å²) in [6.07, 6.45) is -1.96. The standard InChI is InChI=1S/C44H74N14O13/c1-24(52-43(71)35(26(3)62)58-41(69)32(17-18-33(46)63)56-39(67)30(14-7-9-19-45)57-42(70)34(47)25(2)61)36(64)54-31(16-11-21-51-44(48)49)40(68)55-29(38(66)53-28(22-59)23-60)15-8-10-20-50-37(65)27-12-5-4-6-13-27/h4-6,12-13,22,24-26,28-32,34-35,60-62H,7-11,14-21,23,45,47H2,1-3H3,(H2,46,63)(H,50,65)(H,52,71)(H,53,66)(H,54,64)(H,55,68)(H,56,67)(H,57,70)(H,58,69)(H4,48,49,51)/t24-,25+,26+,28+,29-,30-,31-,32-,34-,35-/m0/s1. The molecule has 0 aliphatic rings. The van der Waals surface area contributed by atoms with Gasteiger partial charge >= 0.3 is 0 Å². The number of aliphatic imine (C=N–C) groups is 1.